The first kappa shape index (κ1) is 24.3. The quantitative estimate of drug-likeness (QED) is 0.407. The molecule has 0 amide bonds. The van der Waals surface area contributed by atoms with Gasteiger partial charge >= 0.3 is 17.9 Å². The average molecular weight is 432 g/mol. The number of esters is 3. The van der Waals surface area contributed by atoms with Crippen LogP contribution in [0, 0.1) is 11.8 Å². The van der Waals surface area contributed by atoms with Gasteiger partial charge in [-0.2, -0.15) is 0 Å². The third kappa shape index (κ3) is 5.02. The van der Waals surface area contributed by atoms with Gasteiger partial charge in [-0.25, -0.2) is 14.4 Å². The molecule has 1 aliphatic carbocycles. The van der Waals surface area contributed by atoms with Crippen LogP contribution in [0.5, 0.6) is 0 Å². The van der Waals surface area contributed by atoms with E-state index in [1.807, 2.05) is 0 Å². The molecule has 0 aromatic heterocycles. The number of fused-ring (bicyclic) bond motifs is 1. The van der Waals surface area contributed by atoms with Gasteiger partial charge in [0.2, 0.25) is 0 Å². The van der Waals surface area contributed by atoms with Crippen LogP contribution in [0.25, 0.3) is 0 Å². The van der Waals surface area contributed by atoms with Crippen molar-refractivity contribution in [3.8, 4) is 0 Å². The largest absolute Gasteiger partial charge is 0.458 e. The lowest BCUT2D eigenvalue weighted by Gasteiger charge is -2.39. The zero-order chi connectivity index (χ0) is 23.7. The Morgan fingerprint density at radius 3 is 2.26 bits per heavy atom. The first-order chi connectivity index (χ1) is 14.3. The van der Waals surface area contributed by atoms with Crippen LogP contribution in [0.1, 0.15) is 34.1 Å². The van der Waals surface area contributed by atoms with Gasteiger partial charge in [-0.1, -0.05) is 32.7 Å². The van der Waals surface area contributed by atoms with Crippen LogP contribution in [-0.2, 0) is 33.4 Å². The first-order valence-corrected chi connectivity index (χ1v) is 9.85. The summed E-state index contributed by atoms with van der Waals surface area (Å²) in [5, 5.41) is 11.2. The zero-order valence-corrected chi connectivity index (χ0v) is 18.2. The SMILES string of the molecule is C=C(C)C(=O)O[C@H]1[C@H]2C(=C)C(=O)O[C@@H]2C[C@@H](C)C=CC(=O)[C@](C)(O)[C@@H]1OC(=O)C(=C)C. The summed E-state index contributed by atoms with van der Waals surface area (Å²) in [6, 6.07) is 0. The number of ether oxygens (including phenoxy) is 3. The fourth-order valence-electron chi connectivity index (χ4n) is 3.52. The van der Waals surface area contributed by atoms with E-state index in [-0.39, 0.29) is 22.6 Å². The number of hydrogen-bond acceptors (Lipinski definition) is 8. The van der Waals surface area contributed by atoms with Gasteiger partial charge in [0.15, 0.2) is 23.6 Å². The number of carbonyl (C=O) groups excluding carboxylic acids is 4. The lowest BCUT2D eigenvalue weighted by molar-refractivity contribution is -0.193. The van der Waals surface area contributed by atoms with E-state index in [1.54, 1.807) is 13.0 Å². The molecule has 0 radical (unpaired) electrons. The number of aliphatic hydroxyl groups is 1. The van der Waals surface area contributed by atoms with Crippen molar-refractivity contribution in [3.05, 3.63) is 48.6 Å². The summed E-state index contributed by atoms with van der Waals surface area (Å²) >= 11 is 0. The van der Waals surface area contributed by atoms with Crippen molar-refractivity contribution in [3.63, 3.8) is 0 Å². The maximum atomic E-state index is 12.8. The van der Waals surface area contributed by atoms with Gasteiger partial charge in [-0.3, -0.25) is 4.79 Å². The minimum absolute atomic E-state index is 0.00334. The summed E-state index contributed by atoms with van der Waals surface area (Å²) in [5.74, 6) is -4.39. The molecular weight excluding hydrogens is 404 g/mol. The van der Waals surface area contributed by atoms with Crippen molar-refractivity contribution in [1.82, 2.24) is 0 Å². The van der Waals surface area contributed by atoms with Crippen LogP contribution in [-0.4, -0.2) is 52.7 Å². The van der Waals surface area contributed by atoms with Crippen LogP contribution in [0.4, 0.5) is 0 Å². The van der Waals surface area contributed by atoms with Crippen molar-refractivity contribution in [1.29, 1.82) is 0 Å². The van der Waals surface area contributed by atoms with Crippen molar-refractivity contribution in [2.75, 3.05) is 0 Å². The van der Waals surface area contributed by atoms with E-state index >= 15 is 0 Å². The normalized spacial score (nSPS) is 33.2. The fourth-order valence-corrected chi connectivity index (χ4v) is 3.52. The van der Waals surface area contributed by atoms with Gasteiger partial charge < -0.3 is 19.3 Å². The van der Waals surface area contributed by atoms with E-state index in [0.717, 1.165) is 6.92 Å². The summed E-state index contributed by atoms with van der Waals surface area (Å²) in [6.45, 7) is 16.6. The van der Waals surface area contributed by atoms with Crippen molar-refractivity contribution in [2.45, 2.75) is 58.0 Å². The molecule has 1 N–H and O–H groups in total. The summed E-state index contributed by atoms with van der Waals surface area (Å²) in [7, 11) is 0. The van der Waals surface area contributed by atoms with Gasteiger partial charge in [0.25, 0.3) is 0 Å². The lowest BCUT2D eigenvalue weighted by atomic mass is 9.77. The van der Waals surface area contributed by atoms with Gasteiger partial charge in [-0.15, -0.1) is 0 Å². The predicted molar refractivity (Wildman–Crippen MR) is 110 cm³/mol. The Hall–Kier alpha value is -3.00. The van der Waals surface area contributed by atoms with E-state index in [9.17, 15) is 24.3 Å². The number of rotatable bonds is 4. The summed E-state index contributed by atoms with van der Waals surface area (Å²) in [5.41, 5.74) is -2.27. The Morgan fingerprint density at radius 2 is 1.71 bits per heavy atom. The topological polar surface area (TPSA) is 116 Å². The molecule has 8 nitrogen and oxygen atoms in total. The van der Waals surface area contributed by atoms with Gasteiger partial charge in [0.1, 0.15) is 6.10 Å². The molecule has 0 spiro atoms. The molecule has 6 atom stereocenters. The van der Waals surface area contributed by atoms with Crippen LogP contribution < -0.4 is 0 Å². The molecule has 0 aromatic rings. The molecule has 1 aliphatic heterocycles. The highest BCUT2D eigenvalue weighted by molar-refractivity contribution is 5.98. The van der Waals surface area contributed by atoms with Crippen molar-refractivity contribution >= 4 is 23.7 Å². The number of ketones is 1. The minimum atomic E-state index is -2.30. The van der Waals surface area contributed by atoms with Gasteiger partial charge in [0.05, 0.1) is 5.92 Å². The predicted octanol–water partition coefficient (Wildman–Crippen LogP) is 1.98. The van der Waals surface area contributed by atoms with Crippen LogP contribution in [0.15, 0.2) is 48.6 Å². The maximum Gasteiger partial charge on any atom is 0.334 e. The number of hydrogen-bond donors (Lipinski definition) is 1. The first-order valence-electron chi connectivity index (χ1n) is 9.85. The van der Waals surface area contributed by atoms with Crippen molar-refractivity contribution < 1.29 is 38.5 Å². The highest BCUT2D eigenvalue weighted by Crippen LogP contribution is 2.40. The Labute approximate surface area is 181 Å². The molecule has 31 heavy (non-hydrogen) atoms. The smallest absolute Gasteiger partial charge is 0.334 e. The van der Waals surface area contributed by atoms with Crippen LogP contribution in [0.2, 0.25) is 0 Å². The molecule has 0 bridgehead atoms. The Balaban J connectivity index is 2.71. The molecule has 0 saturated carbocycles. The molecule has 168 valence electrons. The number of carbonyl (C=O) groups is 4. The van der Waals surface area contributed by atoms with E-state index in [2.05, 4.69) is 19.7 Å². The summed E-state index contributed by atoms with van der Waals surface area (Å²) < 4.78 is 16.4. The minimum Gasteiger partial charge on any atom is -0.458 e. The molecule has 2 rings (SSSR count). The molecule has 0 aromatic carbocycles. The summed E-state index contributed by atoms with van der Waals surface area (Å²) in [6.07, 6.45) is -0.865. The van der Waals surface area contributed by atoms with Gasteiger partial charge in [-0.05, 0) is 39.2 Å². The highest BCUT2D eigenvalue weighted by Gasteiger charge is 2.56. The average Bonchev–Trinajstić information content (AvgIpc) is 2.94. The van der Waals surface area contributed by atoms with E-state index in [1.165, 1.54) is 19.9 Å². The Morgan fingerprint density at radius 1 is 1.16 bits per heavy atom. The van der Waals surface area contributed by atoms with Crippen molar-refractivity contribution in [2.24, 2.45) is 11.8 Å². The standard InChI is InChI=1S/C23H28O8/c1-11(2)20(25)30-18-17-14(6)22(27)29-15(17)10-13(5)8-9-16(24)23(7,28)19(18)31-21(26)12(3)4/h8-9,13,15,17-19,28H,1,3,6,10H2,2,4-5,7H3/t13-,15+,17-,18-,19+,23-/m0/s1. The van der Waals surface area contributed by atoms with E-state index in [0.29, 0.717) is 6.42 Å². The second-order valence-electron chi connectivity index (χ2n) is 8.34. The van der Waals surface area contributed by atoms with Crippen LogP contribution in [0.3, 0.4) is 0 Å². The van der Waals surface area contributed by atoms with Gasteiger partial charge in [0, 0.05) is 16.7 Å². The Kier molecular flexibility index (Phi) is 7.06. The highest BCUT2D eigenvalue weighted by atomic mass is 16.6. The van der Waals surface area contributed by atoms with E-state index < -0.39 is 53.5 Å². The van der Waals surface area contributed by atoms with Crippen LogP contribution >= 0.6 is 0 Å². The molecule has 8 heteroatoms. The fraction of sp³-hybridized carbons (Fsp3) is 0.478. The second kappa shape index (κ2) is 9.01. The lowest BCUT2D eigenvalue weighted by Crippen LogP contribution is -2.58. The Bertz CT molecular complexity index is 878. The molecule has 1 saturated heterocycles. The molecule has 1 heterocycles. The number of allylic oxidation sites excluding steroid dienone is 1. The van der Waals surface area contributed by atoms with E-state index in [4.69, 9.17) is 14.2 Å². The summed E-state index contributed by atoms with van der Waals surface area (Å²) in [4.78, 5) is 50.0. The zero-order valence-electron chi connectivity index (χ0n) is 18.2. The monoisotopic (exact) mass is 432 g/mol. The second-order valence-corrected chi connectivity index (χ2v) is 8.34. The molecule has 0 unspecified atom stereocenters. The molecule has 1 fully saturated rings. The maximum absolute atomic E-state index is 12.8. The third-order valence-electron chi connectivity index (χ3n) is 5.38. The molecule has 2 aliphatic rings. The third-order valence-corrected chi connectivity index (χ3v) is 5.38. The molecular formula is C23H28O8.